The SMILES string of the molecule is NC(N)=NCCCC1NC(=O)CC(=O)NC(CC(=O)O)C(=O)NCCNC1=O. The highest BCUT2D eigenvalue weighted by molar-refractivity contribution is 6.00. The first kappa shape index (κ1) is 22.7. The Balaban J connectivity index is 2.81. The van der Waals surface area contributed by atoms with Crippen LogP contribution in [0, 0.1) is 0 Å². The standard InChI is InChI=1S/C15H25N7O6/c16-15(17)20-3-1-2-8-13(27)18-4-5-19-14(28)9(6-12(25)26)22-11(24)7-10(23)21-8/h8-9H,1-7H2,(H,18,27)(H,19,28)(H,21,23)(H,22,24)(H,25,26)(H4,16,17,20). The lowest BCUT2D eigenvalue weighted by atomic mass is 10.1. The maximum Gasteiger partial charge on any atom is 0.305 e. The molecule has 0 radical (unpaired) electrons. The van der Waals surface area contributed by atoms with Gasteiger partial charge in [0.25, 0.3) is 0 Å². The van der Waals surface area contributed by atoms with Crippen molar-refractivity contribution in [2.45, 2.75) is 37.8 Å². The van der Waals surface area contributed by atoms with Crippen LogP contribution in [0.1, 0.15) is 25.7 Å². The quantitative estimate of drug-likeness (QED) is 0.101. The van der Waals surface area contributed by atoms with Gasteiger partial charge in [-0.25, -0.2) is 0 Å². The third-order valence-corrected chi connectivity index (χ3v) is 3.67. The van der Waals surface area contributed by atoms with E-state index in [-0.39, 0.29) is 32.0 Å². The molecular weight excluding hydrogens is 374 g/mol. The topological polar surface area (TPSA) is 218 Å². The van der Waals surface area contributed by atoms with E-state index in [0.29, 0.717) is 6.42 Å². The molecule has 13 nitrogen and oxygen atoms in total. The fourth-order valence-electron chi connectivity index (χ4n) is 2.41. The minimum absolute atomic E-state index is 0.0191. The smallest absolute Gasteiger partial charge is 0.305 e. The molecule has 13 heteroatoms. The number of aliphatic imine (C=N–C) groups is 1. The van der Waals surface area contributed by atoms with E-state index >= 15 is 0 Å². The van der Waals surface area contributed by atoms with Crippen LogP contribution in [0.15, 0.2) is 4.99 Å². The molecule has 0 aliphatic carbocycles. The van der Waals surface area contributed by atoms with E-state index in [1.165, 1.54) is 0 Å². The van der Waals surface area contributed by atoms with Gasteiger partial charge < -0.3 is 37.8 Å². The van der Waals surface area contributed by atoms with Crippen molar-refractivity contribution in [3.05, 3.63) is 0 Å². The molecule has 0 spiro atoms. The highest BCUT2D eigenvalue weighted by atomic mass is 16.4. The zero-order valence-corrected chi connectivity index (χ0v) is 15.2. The van der Waals surface area contributed by atoms with E-state index in [2.05, 4.69) is 26.3 Å². The number of aliphatic carboxylic acids is 1. The fourth-order valence-corrected chi connectivity index (χ4v) is 2.41. The summed E-state index contributed by atoms with van der Waals surface area (Å²) in [4.78, 5) is 63.0. The molecule has 0 aromatic rings. The van der Waals surface area contributed by atoms with Crippen molar-refractivity contribution in [2.75, 3.05) is 19.6 Å². The maximum absolute atomic E-state index is 12.3. The number of hydrogen-bond donors (Lipinski definition) is 7. The van der Waals surface area contributed by atoms with Crippen molar-refractivity contribution in [2.24, 2.45) is 16.5 Å². The first-order chi connectivity index (χ1) is 13.2. The average Bonchev–Trinajstić information content (AvgIpc) is 2.59. The molecule has 1 saturated heterocycles. The van der Waals surface area contributed by atoms with Crippen LogP contribution in [0.3, 0.4) is 0 Å². The molecule has 1 aliphatic heterocycles. The molecule has 1 fully saturated rings. The number of carbonyl (C=O) groups is 5. The van der Waals surface area contributed by atoms with Gasteiger partial charge in [0, 0.05) is 19.6 Å². The zero-order valence-electron chi connectivity index (χ0n) is 15.2. The Morgan fingerprint density at radius 2 is 1.54 bits per heavy atom. The van der Waals surface area contributed by atoms with Gasteiger partial charge in [-0.3, -0.25) is 29.0 Å². The summed E-state index contributed by atoms with van der Waals surface area (Å²) in [5.41, 5.74) is 10.4. The van der Waals surface area contributed by atoms with Gasteiger partial charge in [0.05, 0.1) is 6.42 Å². The highest BCUT2D eigenvalue weighted by Crippen LogP contribution is 2.01. The molecule has 1 aliphatic rings. The van der Waals surface area contributed by atoms with Gasteiger partial charge in [-0.2, -0.15) is 0 Å². The van der Waals surface area contributed by atoms with E-state index in [9.17, 15) is 24.0 Å². The van der Waals surface area contributed by atoms with Gasteiger partial charge >= 0.3 is 5.97 Å². The second kappa shape index (κ2) is 11.4. The summed E-state index contributed by atoms with van der Waals surface area (Å²) in [6, 6.07) is -2.24. The molecule has 2 unspecified atom stereocenters. The molecule has 0 saturated carbocycles. The Morgan fingerprint density at radius 3 is 2.07 bits per heavy atom. The predicted octanol–water partition coefficient (Wildman–Crippen LogP) is -3.88. The lowest BCUT2D eigenvalue weighted by Crippen LogP contribution is -2.49. The first-order valence-corrected chi connectivity index (χ1v) is 8.60. The molecule has 1 rings (SSSR count). The van der Waals surface area contributed by atoms with Gasteiger partial charge in [0.2, 0.25) is 23.6 Å². The van der Waals surface area contributed by atoms with Crippen LogP contribution in [0.25, 0.3) is 0 Å². The summed E-state index contributed by atoms with van der Waals surface area (Å²) in [6.07, 6.45) is -0.677. The van der Waals surface area contributed by atoms with Gasteiger partial charge in [-0.1, -0.05) is 0 Å². The molecule has 0 aromatic carbocycles. The van der Waals surface area contributed by atoms with E-state index in [0.717, 1.165) is 0 Å². The third-order valence-electron chi connectivity index (χ3n) is 3.67. The van der Waals surface area contributed by atoms with Crippen LogP contribution in [0.4, 0.5) is 0 Å². The fraction of sp³-hybridized carbons (Fsp3) is 0.600. The number of hydrogen-bond acceptors (Lipinski definition) is 6. The number of nitrogens with two attached hydrogens (primary N) is 2. The Kier molecular flexibility index (Phi) is 9.19. The highest BCUT2D eigenvalue weighted by Gasteiger charge is 2.27. The largest absolute Gasteiger partial charge is 0.481 e. The average molecular weight is 399 g/mol. The van der Waals surface area contributed by atoms with Crippen molar-refractivity contribution >= 4 is 35.6 Å². The molecular formula is C15H25N7O6. The molecule has 28 heavy (non-hydrogen) atoms. The summed E-state index contributed by atoms with van der Waals surface area (Å²) >= 11 is 0. The lowest BCUT2D eigenvalue weighted by Gasteiger charge is -2.18. The Labute approximate surface area is 160 Å². The monoisotopic (exact) mass is 399 g/mol. The maximum atomic E-state index is 12.3. The molecule has 4 amide bonds. The molecule has 0 aromatic heterocycles. The Bertz CT molecular complexity index is 647. The summed E-state index contributed by atoms with van der Waals surface area (Å²) in [5, 5.41) is 18.5. The number of guanidine groups is 1. The summed E-state index contributed by atoms with van der Waals surface area (Å²) in [7, 11) is 0. The van der Waals surface area contributed by atoms with Gasteiger partial charge in [0.15, 0.2) is 5.96 Å². The Hall–Kier alpha value is -3.38. The van der Waals surface area contributed by atoms with Crippen LogP contribution >= 0.6 is 0 Å². The first-order valence-electron chi connectivity index (χ1n) is 8.60. The molecule has 156 valence electrons. The molecule has 9 N–H and O–H groups in total. The second-order valence-electron chi connectivity index (χ2n) is 6.05. The lowest BCUT2D eigenvalue weighted by molar-refractivity contribution is -0.140. The van der Waals surface area contributed by atoms with Crippen molar-refractivity contribution in [1.29, 1.82) is 0 Å². The molecule has 2 atom stereocenters. The van der Waals surface area contributed by atoms with Crippen LogP contribution in [-0.4, -0.2) is 72.4 Å². The number of nitrogens with one attached hydrogen (secondary N) is 4. The normalized spacial score (nSPS) is 21.6. The zero-order chi connectivity index (χ0) is 21.1. The van der Waals surface area contributed by atoms with Crippen LogP contribution < -0.4 is 32.7 Å². The van der Waals surface area contributed by atoms with Crippen molar-refractivity contribution < 1.29 is 29.1 Å². The van der Waals surface area contributed by atoms with Crippen molar-refractivity contribution in [3.8, 4) is 0 Å². The van der Waals surface area contributed by atoms with Gasteiger partial charge in [-0.15, -0.1) is 0 Å². The number of carbonyl (C=O) groups excluding carboxylic acids is 4. The minimum Gasteiger partial charge on any atom is -0.481 e. The third kappa shape index (κ3) is 8.82. The minimum atomic E-state index is -1.33. The summed E-state index contributed by atoms with van der Waals surface area (Å²) in [6.45, 7) is 0.333. The number of nitrogens with zero attached hydrogens (tertiary/aromatic N) is 1. The summed E-state index contributed by atoms with van der Waals surface area (Å²) in [5.74, 6) is -4.17. The van der Waals surface area contributed by atoms with E-state index in [1.54, 1.807) is 0 Å². The molecule has 1 heterocycles. The van der Waals surface area contributed by atoms with Gasteiger partial charge in [-0.05, 0) is 12.8 Å². The van der Waals surface area contributed by atoms with Crippen molar-refractivity contribution in [3.63, 3.8) is 0 Å². The number of amides is 4. The number of rotatable bonds is 6. The van der Waals surface area contributed by atoms with Crippen LogP contribution in [-0.2, 0) is 24.0 Å². The van der Waals surface area contributed by atoms with Crippen molar-refractivity contribution in [1.82, 2.24) is 21.3 Å². The second-order valence-corrected chi connectivity index (χ2v) is 6.05. The van der Waals surface area contributed by atoms with Gasteiger partial charge in [0.1, 0.15) is 18.5 Å². The van der Waals surface area contributed by atoms with Crippen LogP contribution in [0.5, 0.6) is 0 Å². The molecule has 0 bridgehead atoms. The van der Waals surface area contributed by atoms with E-state index < -0.39 is 54.5 Å². The Morgan fingerprint density at radius 1 is 1.00 bits per heavy atom. The summed E-state index contributed by atoms with van der Waals surface area (Å²) < 4.78 is 0. The number of carboxylic acids is 1. The number of carboxylic acid groups (broad SMARTS) is 1. The van der Waals surface area contributed by atoms with E-state index in [1.807, 2.05) is 0 Å². The van der Waals surface area contributed by atoms with E-state index in [4.69, 9.17) is 16.6 Å². The predicted molar refractivity (Wildman–Crippen MR) is 96.7 cm³/mol. The van der Waals surface area contributed by atoms with Crippen LogP contribution in [0.2, 0.25) is 0 Å².